The number of nitrogens with zero attached hydrogens (tertiary/aromatic N) is 2. The lowest BCUT2D eigenvalue weighted by Crippen LogP contribution is -2.46. The van der Waals surface area contributed by atoms with Crippen LogP contribution in [0, 0.1) is 0 Å². The first-order chi connectivity index (χ1) is 13.0. The first kappa shape index (κ1) is 18.5. The van der Waals surface area contributed by atoms with E-state index in [2.05, 4.69) is 10.2 Å². The Bertz CT molecular complexity index is 821. The van der Waals surface area contributed by atoms with Gasteiger partial charge in [-0.15, -0.1) is 11.3 Å². The van der Waals surface area contributed by atoms with Crippen LogP contribution in [0.3, 0.4) is 0 Å². The molecular weight excluding hydrogens is 393 g/mol. The number of cyclic esters (lactones) is 1. The number of nitrogens with one attached hydrogen (secondary N) is 1. The molecule has 0 radical (unpaired) electrons. The van der Waals surface area contributed by atoms with Gasteiger partial charge in [0.1, 0.15) is 11.9 Å². The van der Waals surface area contributed by atoms with Gasteiger partial charge in [0.25, 0.3) is 5.91 Å². The number of rotatable bonds is 5. The molecule has 0 spiro atoms. The fourth-order valence-corrected chi connectivity index (χ4v) is 4.33. The molecule has 0 bridgehead atoms. The van der Waals surface area contributed by atoms with Crippen LogP contribution in [0.2, 0.25) is 4.34 Å². The highest BCUT2D eigenvalue weighted by atomic mass is 35.5. The molecule has 2 aliphatic heterocycles. The van der Waals surface area contributed by atoms with Gasteiger partial charge >= 0.3 is 6.09 Å². The maximum absolute atomic E-state index is 14.4. The molecule has 6 nitrogen and oxygen atoms in total. The van der Waals surface area contributed by atoms with E-state index >= 15 is 0 Å². The average molecular weight is 412 g/mol. The molecule has 1 N–H and O–H groups in total. The normalized spacial score (nSPS) is 25.6. The van der Waals surface area contributed by atoms with E-state index in [1.54, 1.807) is 12.1 Å². The Balaban J connectivity index is 1.32. The highest BCUT2D eigenvalue weighted by Crippen LogP contribution is 2.30. The summed E-state index contributed by atoms with van der Waals surface area (Å²) in [6, 6.07) is 3.08. The van der Waals surface area contributed by atoms with Crippen molar-refractivity contribution < 1.29 is 18.7 Å². The van der Waals surface area contributed by atoms with Crippen LogP contribution in [-0.4, -0.2) is 60.1 Å². The molecule has 3 heterocycles. The third kappa shape index (κ3) is 3.88. The number of halogens is 2. The van der Waals surface area contributed by atoms with E-state index in [-0.39, 0.29) is 30.9 Å². The van der Waals surface area contributed by atoms with Gasteiger partial charge in [0.15, 0.2) is 0 Å². The van der Waals surface area contributed by atoms with E-state index in [1.165, 1.54) is 22.3 Å². The molecule has 0 aromatic carbocycles. The van der Waals surface area contributed by atoms with Crippen molar-refractivity contribution >= 4 is 34.9 Å². The molecule has 3 aliphatic rings. The van der Waals surface area contributed by atoms with E-state index in [9.17, 15) is 14.0 Å². The van der Waals surface area contributed by atoms with Crippen LogP contribution in [0.25, 0.3) is 0 Å². The van der Waals surface area contributed by atoms with Gasteiger partial charge in [-0.1, -0.05) is 17.7 Å². The zero-order valence-electron chi connectivity index (χ0n) is 14.5. The lowest BCUT2D eigenvalue weighted by molar-refractivity contribution is 0.0919. The van der Waals surface area contributed by atoms with Crippen molar-refractivity contribution in [3.8, 4) is 0 Å². The predicted octanol–water partition coefficient (Wildman–Crippen LogP) is 3.17. The number of thiophene rings is 1. The van der Waals surface area contributed by atoms with Gasteiger partial charge in [0, 0.05) is 18.8 Å². The summed E-state index contributed by atoms with van der Waals surface area (Å²) < 4.78 is 20.3. The lowest BCUT2D eigenvalue weighted by atomic mass is 10.00. The number of amides is 2. The van der Waals surface area contributed by atoms with Gasteiger partial charge in [-0.3, -0.25) is 14.6 Å². The van der Waals surface area contributed by atoms with Crippen LogP contribution in [0.1, 0.15) is 22.5 Å². The maximum Gasteiger partial charge on any atom is 0.414 e. The second kappa shape index (κ2) is 7.61. The fourth-order valence-electron chi connectivity index (χ4n) is 3.37. The van der Waals surface area contributed by atoms with Crippen LogP contribution in [0.4, 0.5) is 9.18 Å². The first-order valence-corrected chi connectivity index (χ1v) is 10.0. The number of ether oxygens (including phenoxy) is 1. The van der Waals surface area contributed by atoms with Crippen molar-refractivity contribution in [1.82, 2.24) is 15.1 Å². The summed E-state index contributed by atoms with van der Waals surface area (Å²) in [7, 11) is 0. The predicted molar refractivity (Wildman–Crippen MR) is 101 cm³/mol. The summed E-state index contributed by atoms with van der Waals surface area (Å²) >= 11 is 7.01. The van der Waals surface area contributed by atoms with E-state index in [0.717, 1.165) is 19.5 Å². The van der Waals surface area contributed by atoms with Crippen LogP contribution < -0.4 is 5.32 Å². The minimum atomic E-state index is -0.522. The number of carbonyl (C=O) groups is 2. The summed E-state index contributed by atoms with van der Waals surface area (Å²) in [6.45, 7) is 2.29. The molecule has 4 rings (SSSR count). The monoisotopic (exact) mass is 411 g/mol. The van der Waals surface area contributed by atoms with Crippen molar-refractivity contribution in [2.45, 2.75) is 25.0 Å². The molecule has 2 saturated heterocycles. The molecule has 2 atom stereocenters. The number of allylic oxidation sites excluding steroid dienone is 1. The summed E-state index contributed by atoms with van der Waals surface area (Å²) in [4.78, 5) is 28.2. The number of carbonyl (C=O) groups excluding carboxylic acids is 2. The van der Waals surface area contributed by atoms with Crippen molar-refractivity contribution in [3.63, 3.8) is 0 Å². The molecular formula is C18H19ClFN3O3S. The van der Waals surface area contributed by atoms with Gasteiger partial charge in [-0.25, -0.2) is 9.18 Å². The molecule has 2 fully saturated rings. The van der Waals surface area contributed by atoms with Crippen molar-refractivity contribution in [2.24, 2.45) is 0 Å². The third-order valence-corrected chi connectivity index (χ3v) is 6.19. The molecule has 2 amide bonds. The highest BCUT2D eigenvalue weighted by Gasteiger charge is 2.36. The van der Waals surface area contributed by atoms with Gasteiger partial charge in [0.2, 0.25) is 0 Å². The van der Waals surface area contributed by atoms with E-state index < -0.39 is 12.2 Å². The number of hydrogen-bond donors (Lipinski definition) is 1. The van der Waals surface area contributed by atoms with Crippen LogP contribution >= 0.6 is 22.9 Å². The zero-order valence-corrected chi connectivity index (χ0v) is 16.1. The fraction of sp³-hybridized carbons (Fsp3) is 0.444. The molecule has 1 aliphatic carbocycles. The SMILES string of the molecule is O=C(NCC1CN(C2=CCC(N3CCC3)C(F)=C2)C(=O)O1)c1ccc(Cl)s1. The molecule has 144 valence electrons. The summed E-state index contributed by atoms with van der Waals surface area (Å²) in [5, 5.41) is 2.74. The summed E-state index contributed by atoms with van der Waals surface area (Å²) in [6.07, 6.45) is 3.93. The minimum absolute atomic E-state index is 0.187. The van der Waals surface area contributed by atoms with E-state index in [0.29, 0.717) is 21.3 Å². The van der Waals surface area contributed by atoms with Gasteiger partial charge in [0.05, 0.1) is 28.3 Å². The molecule has 9 heteroatoms. The Labute approximate surface area is 165 Å². The molecule has 1 aromatic rings. The van der Waals surface area contributed by atoms with Crippen LogP contribution in [-0.2, 0) is 4.74 Å². The Morgan fingerprint density at radius 2 is 2.22 bits per heavy atom. The first-order valence-electron chi connectivity index (χ1n) is 8.84. The van der Waals surface area contributed by atoms with Gasteiger partial charge < -0.3 is 10.1 Å². The van der Waals surface area contributed by atoms with Gasteiger partial charge in [-0.2, -0.15) is 0 Å². The highest BCUT2D eigenvalue weighted by molar-refractivity contribution is 7.17. The van der Waals surface area contributed by atoms with Crippen LogP contribution in [0.15, 0.2) is 35.8 Å². The molecule has 2 unspecified atom stereocenters. The van der Waals surface area contributed by atoms with E-state index in [4.69, 9.17) is 16.3 Å². The zero-order chi connectivity index (χ0) is 19.0. The Hall–Kier alpha value is -1.90. The Kier molecular flexibility index (Phi) is 5.21. The third-order valence-electron chi connectivity index (χ3n) is 4.96. The standard InChI is InChI=1S/C18H19ClFN3O3S/c19-16-5-4-15(27-16)17(24)21-9-12-10-23(18(25)26-12)11-2-3-14(13(20)8-11)22-6-1-7-22/h2,4-5,8,12,14H,1,3,6-7,9-10H2,(H,21,24). The quantitative estimate of drug-likeness (QED) is 0.808. The Morgan fingerprint density at radius 1 is 1.41 bits per heavy atom. The van der Waals surface area contributed by atoms with Crippen molar-refractivity contribution in [3.05, 3.63) is 45.0 Å². The molecule has 27 heavy (non-hydrogen) atoms. The second-order valence-corrected chi connectivity index (χ2v) is 8.44. The topological polar surface area (TPSA) is 61.9 Å². The minimum Gasteiger partial charge on any atom is -0.442 e. The smallest absolute Gasteiger partial charge is 0.414 e. The second-order valence-electron chi connectivity index (χ2n) is 6.73. The maximum atomic E-state index is 14.4. The Morgan fingerprint density at radius 3 is 2.85 bits per heavy atom. The van der Waals surface area contributed by atoms with Crippen molar-refractivity contribution in [1.29, 1.82) is 0 Å². The largest absolute Gasteiger partial charge is 0.442 e. The van der Waals surface area contributed by atoms with E-state index in [1.807, 2.05) is 6.08 Å². The summed E-state index contributed by atoms with van der Waals surface area (Å²) in [5.41, 5.74) is 0.521. The van der Waals surface area contributed by atoms with Crippen molar-refractivity contribution in [2.75, 3.05) is 26.2 Å². The number of likely N-dealkylation sites (tertiary alicyclic amines) is 1. The molecule has 0 saturated carbocycles. The van der Waals surface area contributed by atoms with Gasteiger partial charge in [-0.05, 0) is 31.1 Å². The number of hydrogen-bond acceptors (Lipinski definition) is 5. The summed E-state index contributed by atoms with van der Waals surface area (Å²) in [5.74, 6) is -0.479. The average Bonchev–Trinajstić information content (AvgIpc) is 3.19. The van der Waals surface area contributed by atoms with Crippen LogP contribution in [0.5, 0.6) is 0 Å². The molecule has 1 aromatic heterocycles. The lowest BCUT2D eigenvalue weighted by Gasteiger charge is -2.38.